The molecule has 0 amide bonds. The van der Waals surface area contributed by atoms with Crippen molar-refractivity contribution in [1.82, 2.24) is 9.55 Å². The molecule has 4 rings (SSSR count). The largest absolute Gasteiger partial charge is 0.423 e. The third-order valence-corrected chi connectivity index (χ3v) is 5.33. The summed E-state index contributed by atoms with van der Waals surface area (Å²) in [6, 6.07) is 15.8. The lowest BCUT2D eigenvalue weighted by molar-refractivity contribution is -0.384. The number of rotatable bonds is 7. The monoisotopic (exact) mass is 508 g/mol. The number of nitrogens with one attached hydrogen (secondary N) is 1. The zero-order valence-corrected chi connectivity index (χ0v) is 19.3. The molecule has 1 N–H and O–H groups in total. The van der Waals surface area contributed by atoms with Crippen LogP contribution in [0.1, 0.15) is 11.1 Å². The van der Waals surface area contributed by atoms with Crippen LogP contribution < -0.4 is 10.1 Å². The van der Waals surface area contributed by atoms with E-state index in [2.05, 4.69) is 10.3 Å². The Morgan fingerprint density at radius 3 is 2.54 bits per heavy atom. The number of aromatic nitrogens is 2. The fourth-order valence-electron chi connectivity index (χ4n) is 3.52. The lowest BCUT2D eigenvalue weighted by Crippen LogP contribution is -2.09. The summed E-state index contributed by atoms with van der Waals surface area (Å²) in [7, 11) is 1.64. The van der Waals surface area contributed by atoms with Crippen LogP contribution in [-0.4, -0.2) is 27.5 Å². The molecule has 0 fully saturated rings. The van der Waals surface area contributed by atoms with Gasteiger partial charge in [0.2, 0.25) is 0 Å². The second kappa shape index (κ2) is 10.4. The van der Waals surface area contributed by atoms with Gasteiger partial charge in [0.15, 0.2) is 0 Å². The van der Waals surface area contributed by atoms with Crippen molar-refractivity contribution >= 4 is 23.4 Å². The normalized spacial score (nSPS) is 11.5. The summed E-state index contributed by atoms with van der Waals surface area (Å²) < 4.78 is 46.9. The van der Waals surface area contributed by atoms with Crippen molar-refractivity contribution in [2.45, 2.75) is 6.18 Å². The van der Waals surface area contributed by atoms with Crippen molar-refractivity contribution in [3.8, 4) is 22.7 Å². The SMILES string of the molecule is CNc1ccc([N+](=O)[O-])cc1-n1cnc(-c2ccc(C(F)(F)F)cc2OC(=O)C=Cc2ccccc2)c1. The van der Waals surface area contributed by atoms with Gasteiger partial charge in [-0.25, -0.2) is 9.78 Å². The predicted octanol–water partition coefficient (Wildman–Crippen LogP) is 6.13. The van der Waals surface area contributed by atoms with Crippen LogP contribution in [0, 0.1) is 10.1 Å². The number of non-ortho nitro benzene ring substituents is 1. The van der Waals surface area contributed by atoms with E-state index >= 15 is 0 Å². The number of carbonyl (C=O) groups is 1. The Hall–Kier alpha value is -4.93. The highest BCUT2D eigenvalue weighted by Crippen LogP contribution is 2.37. The zero-order chi connectivity index (χ0) is 26.6. The van der Waals surface area contributed by atoms with Crippen LogP contribution >= 0.6 is 0 Å². The van der Waals surface area contributed by atoms with Gasteiger partial charge >= 0.3 is 12.1 Å². The minimum atomic E-state index is -4.66. The van der Waals surface area contributed by atoms with Gasteiger partial charge in [0.1, 0.15) is 5.75 Å². The Bertz CT molecular complexity index is 1480. The number of esters is 1. The first-order chi connectivity index (χ1) is 17.7. The van der Waals surface area contributed by atoms with Crippen LogP contribution in [0.15, 0.2) is 85.3 Å². The number of halogens is 3. The van der Waals surface area contributed by atoms with Gasteiger partial charge in [-0.1, -0.05) is 30.3 Å². The molecule has 0 radical (unpaired) electrons. The molecule has 11 heteroatoms. The van der Waals surface area contributed by atoms with E-state index < -0.39 is 22.6 Å². The molecule has 0 spiro atoms. The molecule has 0 saturated heterocycles. The molecule has 0 saturated carbocycles. The van der Waals surface area contributed by atoms with Gasteiger partial charge in [-0.05, 0) is 35.9 Å². The molecule has 0 bridgehead atoms. The lowest BCUT2D eigenvalue weighted by Gasteiger charge is -2.12. The van der Waals surface area contributed by atoms with Crippen molar-refractivity contribution in [3.05, 3.63) is 107 Å². The third kappa shape index (κ3) is 5.84. The minimum Gasteiger partial charge on any atom is -0.423 e. The van der Waals surface area contributed by atoms with Gasteiger partial charge in [0.25, 0.3) is 5.69 Å². The van der Waals surface area contributed by atoms with Crippen LogP contribution in [0.25, 0.3) is 23.0 Å². The van der Waals surface area contributed by atoms with E-state index in [-0.39, 0.29) is 22.7 Å². The second-order valence-corrected chi connectivity index (χ2v) is 7.75. The molecule has 8 nitrogen and oxygen atoms in total. The van der Waals surface area contributed by atoms with Crippen molar-refractivity contribution in [3.63, 3.8) is 0 Å². The molecule has 3 aromatic carbocycles. The summed E-state index contributed by atoms with van der Waals surface area (Å²) in [5.74, 6) is -1.21. The minimum absolute atomic E-state index is 0.129. The number of alkyl halides is 3. The molecule has 0 atom stereocenters. The molecule has 1 heterocycles. The van der Waals surface area contributed by atoms with Gasteiger partial charge in [-0.2, -0.15) is 13.2 Å². The maximum absolute atomic E-state index is 13.4. The van der Waals surface area contributed by atoms with Gasteiger partial charge in [-0.15, -0.1) is 0 Å². The Morgan fingerprint density at radius 2 is 1.86 bits per heavy atom. The number of hydrogen-bond donors (Lipinski definition) is 1. The molecule has 0 aliphatic heterocycles. The summed E-state index contributed by atoms with van der Waals surface area (Å²) in [6.07, 6.45) is 0.753. The molecule has 4 aromatic rings. The van der Waals surface area contributed by atoms with Crippen molar-refractivity contribution < 1.29 is 27.6 Å². The molecule has 37 heavy (non-hydrogen) atoms. The second-order valence-electron chi connectivity index (χ2n) is 7.75. The Kier molecular flexibility index (Phi) is 7.05. The number of imidazole rings is 1. The maximum Gasteiger partial charge on any atom is 0.416 e. The summed E-state index contributed by atoms with van der Waals surface area (Å²) in [5.41, 5.74) is 0.827. The van der Waals surface area contributed by atoms with Crippen LogP contribution in [-0.2, 0) is 11.0 Å². The number of anilines is 1. The highest BCUT2D eigenvalue weighted by Gasteiger charge is 2.32. The van der Waals surface area contributed by atoms with Crippen molar-refractivity contribution in [1.29, 1.82) is 0 Å². The Labute approximate surface area is 208 Å². The molecule has 0 aliphatic rings. The summed E-state index contributed by atoms with van der Waals surface area (Å²) >= 11 is 0. The van der Waals surface area contributed by atoms with E-state index in [1.165, 1.54) is 41.4 Å². The molecule has 188 valence electrons. The van der Waals surface area contributed by atoms with Gasteiger partial charge in [-0.3, -0.25) is 10.1 Å². The number of hydrogen-bond acceptors (Lipinski definition) is 6. The van der Waals surface area contributed by atoms with Crippen molar-refractivity contribution in [2.75, 3.05) is 12.4 Å². The third-order valence-electron chi connectivity index (χ3n) is 5.33. The van der Waals surface area contributed by atoms with Crippen molar-refractivity contribution in [2.24, 2.45) is 0 Å². The smallest absolute Gasteiger partial charge is 0.416 e. The lowest BCUT2D eigenvalue weighted by atomic mass is 10.1. The predicted molar refractivity (Wildman–Crippen MR) is 131 cm³/mol. The maximum atomic E-state index is 13.4. The van der Waals surface area contributed by atoms with Crippen LogP contribution in [0.2, 0.25) is 0 Å². The first kappa shape index (κ1) is 25.2. The summed E-state index contributed by atoms with van der Waals surface area (Å²) in [5, 5.41) is 14.2. The van der Waals surface area contributed by atoms with Gasteiger partial charge in [0.05, 0.1) is 33.9 Å². The van der Waals surface area contributed by atoms with Crippen LogP contribution in [0.4, 0.5) is 24.5 Å². The fourth-order valence-corrected chi connectivity index (χ4v) is 3.52. The first-order valence-electron chi connectivity index (χ1n) is 10.8. The van der Waals surface area contributed by atoms with Crippen LogP contribution in [0.5, 0.6) is 5.75 Å². The standard InChI is InChI=1S/C26H19F3N4O4/c1-30-21-11-9-19(33(35)36)14-23(21)32-15-22(31-16-32)20-10-8-18(26(27,28)29)13-24(20)37-25(34)12-7-17-5-3-2-4-6-17/h2-16,30H,1H3. The molecular weight excluding hydrogens is 489 g/mol. The quantitative estimate of drug-likeness (QED) is 0.106. The van der Waals surface area contributed by atoms with E-state index in [1.807, 2.05) is 0 Å². The highest BCUT2D eigenvalue weighted by atomic mass is 19.4. The van der Waals surface area contributed by atoms with E-state index in [9.17, 15) is 28.1 Å². The molecular formula is C26H19F3N4O4. The van der Waals surface area contributed by atoms with E-state index in [0.29, 0.717) is 16.9 Å². The fraction of sp³-hybridized carbons (Fsp3) is 0.0769. The molecule has 0 aliphatic carbocycles. The summed E-state index contributed by atoms with van der Waals surface area (Å²) in [6.45, 7) is 0. The topological polar surface area (TPSA) is 99.3 Å². The highest BCUT2D eigenvalue weighted by molar-refractivity contribution is 5.90. The number of carbonyl (C=O) groups excluding carboxylic acids is 1. The number of ether oxygens (including phenoxy) is 1. The number of nitrogens with zero attached hydrogens (tertiary/aromatic N) is 3. The van der Waals surface area contributed by atoms with Crippen LogP contribution in [0.3, 0.4) is 0 Å². The average Bonchev–Trinajstić information content (AvgIpc) is 3.37. The Morgan fingerprint density at radius 1 is 1.11 bits per heavy atom. The molecule has 0 unspecified atom stereocenters. The number of nitro groups is 1. The van der Waals surface area contributed by atoms with Gasteiger partial charge in [0, 0.05) is 37.0 Å². The summed E-state index contributed by atoms with van der Waals surface area (Å²) in [4.78, 5) is 27.4. The number of benzene rings is 3. The Balaban J connectivity index is 1.71. The first-order valence-corrected chi connectivity index (χ1v) is 10.8. The van der Waals surface area contributed by atoms with Gasteiger partial charge < -0.3 is 14.6 Å². The average molecular weight is 508 g/mol. The van der Waals surface area contributed by atoms with E-state index in [1.54, 1.807) is 37.4 Å². The molecule has 1 aromatic heterocycles. The zero-order valence-electron chi connectivity index (χ0n) is 19.3. The van der Waals surface area contributed by atoms with E-state index in [0.717, 1.165) is 24.3 Å². The van der Waals surface area contributed by atoms with E-state index in [4.69, 9.17) is 4.74 Å². The number of nitro benzene ring substituents is 1.